The number of carbonyl (C=O) groups is 2. The molecule has 1 aliphatic heterocycles. The SMILES string of the molecule is O=C(O)c1csc(CCNC(=O)[C@@H]2CCCN(Cc3ccco3)C2)n1. The fourth-order valence-corrected chi connectivity index (χ4v) is 3.77. The van der Waals surface area contributed by atoms with Crippen LogP contribution in [0.15, 0.2) is 28.2 Å². The van der Waals surface area contributed by atoms with Crippen LogP contribution in [-0.4, -0.2) is 46.5 Å². The summed E-state index contributed by atoms with van der Waals surface area (Å²) in [6.07, 6.45) is 4.10. The van der Waals surface area contributed by atoms with Gasteiger partial charge in [-0.25, -0.2) is 9.78 Å². The Hall–Kier alpha value is -2.19. The number of amides is 1. The summed E-state index contributed by atoms with van der Waals surface area (Å²) < 4.78 is 5.37. The van der Waals surface area contributed by atoms with Gasteiger partial charge in [-0.05, 0) is 31.5 Å². The molecule has 1 aliphatic rings. The van der Waals surface area contributed by atoms with Gasteiger partial charge in [-0.15, -0.1) is 11.3 Å². The summed E-state index contributed by atoms with van der Waals surface area (Å²) in [5, 5.41) is 14.1. The van der Waals surface area contributed by atoms with E-state index < -0.39 is 5.97 Å². The predicted molar refractivity (Wildman–Crippen MR) is 92.5 cm³/mol. The number of likely N-dealkylation sites (tertiary alicyclic amines) is 1. The van der Waals surface area contributed by atoms with Crippen LogP contribution in [0.3, 0.4) is 0 Å². The summed E-state index contributed by atoms with van der Waals surface area (Å²) in [5.41, 5.74) is 0.0622. The third kappa shape index (κ3) is 4.90. The molecule has 0 aliphatic carbocycles. The average molecular weight is 363 g/mol. The van der Waals surface area contributed by atoms with Crippen LogP contribution in [0, 0.1) is 5.92 Å². The van der Waals surface area contributed by atoms with Crippen LogP contribution in [0.25, 0.3) is 0 Å². The molecule has 1 saturated heterocycles. The lowest BCUT2D eigenvalue weighted by Crippen LogP contribution is -2.43. The van der Waals surface area contributed by atoms with Crippen LogP contribution >= 0.6 is 11.3 Å². The van der Waals surface area contributed by atoms with Crippen molar-refractivity contribution >= 4 is 23.2 Å². The number of carboxylic acid groups (broad SMARTS) is 1. The number of carboxylic acids is 1. The number of aromatic carboxylic acids is 1. The topological polar surface area (TPSA) is 95.7 Å². The molecule has 1 fully saturated rings. The third-order valence-corrected chi connectivity index (χ3v) is 5.15. The van der Waals surface area contributed by atoms with Gasteiger partial charge in [0, 0.05) is 24.9 Å². The minimum absolute atomic E-state index is 0.0189. The van der Waals surface area contributed by atoms with Gasteiger partial charge in [0.05, 0.1) is 23.7 Å². The number of rotatable bonds is 7. The Morgan fingerprint density at radius 2 is 2.36 bits per heavy atom. The molecule has 8 heteroatoms. The largest absolute Gasteiger partial charge is 0.476 e. The van der Waals surface area contributed by atoms with Gasteiger partial charge in [0.2, 0.25) is 5.91 Å². The van der Waals surface area contributed by atoms with E-state index in [9.17, 15) is 9.59 Å². The monoisotopic (exact) mass is 363 g/mol. The van der Waals surface area contributed by atoms with Crippen molar-refractivity contribution in [2.24, 2.45) is 5.92 Å². The maximum absolute atomic E-state index is 12.4. The average Bonchev–Trinajstić information content (AvgIpc) is 3.27. The van der Waals surface area contributed by atoms with Crippen molar-refractivity contribution in [3.8, 4) is 0 Å². The molecular weight excluding hydrogens is 342 g/mol. The van der Waals surface area contributed by atoms with Gasteiger partial charge in [0.1, 0.15) is 5.76 Å². The Kier molecular flexibility index (Phi) is 5.83. The van der Waals surface area contributed by atoms with Crippen molar-refractivity contribution in [3.63, 3.8) is 0 Å². The maximum Gasteiger partial charge on any atom is 0.355 e. The number of hydrogen-bond donors (Lipinski definition) is 2. The van der Waals surface area contributed by atoms with Crippen LogP contribution in [0.4, 0.5) is 0 Å². The number of thiazole rings is 1. The zero-order chi connectivity index (χ0) is 17.6. The molecule has 2 N–H and O–H groups in total. The Bertz CT molecular complexity index is 713. The molecule has 3 rings (SSSR count). The summed E-state index contributed by atoms with van der Waals surface area (Å²) in [4.78, 5) is 29.5. The maximum atomic E-state index is 12.4. The van der Waals surface area contributed by atoms with Crippen molar-refractivity contribution in [2.45, 2.75) is 25.8 Å². The minimum Gasteiger partial charge on any atom is -0.476 e. The molecule has 0 aromatic carbocycles. The van der Waals surface area contributed by atoms with E-state index in [1.807, 2.05) is 12.1 Å². The minimum atomic E-state index is -1.02. The van der Waals surface area contributed by atoms with Gasteiger partial charge < -0.3 is 14.8 Å². The first-order chi connectivity index (χ1) is 12.1. The second-order valence-electron chi connectivity index (χ2n) is 6.13. The number of carbonyl (C=O) groups excluding carboxylic acids is 1. The van der Waals surface area contributed by atoms with Crippen LogP contribution in [0.1, 0.15) is 34.1 Å². The Morgan fingerprint density at radius 3 is 3.08 bits per heavy atom. The van der Waals surface area contributed by atoms with Gasteiger partial charge in [0.15, 0.2) is 5.69 Å². The molecule has 0 saturated carbocycles. The van der Waals surface area contributed by atoms with E-state index in [1.54, 1.807) is 6.26 Å². The summed E-state index contributed by atoms with van der Waals surface area (Å²) in [5.74, 6) is -0.0711. The summed E-state index contributed by atoms with van der Waals surface area (Å²) in [6.45, 7) is 2.91. The number of furan rings is 1. The second kappa shape index (κ2) is 8.26. The molecule has 2 aromatic rings. The van der Waals surface area contributed by atoms with Crippen LogP contribution in [-0.2, 0) is 17.8 Å². The Morgan fingerprint density at radius 1 is 1.48 bits per heavy atom. The lowest BCUT2D eigenvalue weighted by Gasteiger charge is -2.31. The van der Waals surface area contributed by atoms with E-state index in [4.69, 9.17) is 9.52 Å². The van der Waals surface area contributed by atoms with Crippen LogP contribution < -0.4 is 5.32 Å². The van der Waals surface area contributed by atoms with E-state index in [-0.39, 0.29) is 17.5 Å². The van der Waals surface area contributed by atoms with Crippen molar-refractivity contribution in [1.82, 2.24) is 15.2 Å². The van der Waals surface area contributed by atoms with E-state index in [0.29, 0.717) is 13.0 Å². The summed E-state index contributed by atoms with van der Waals surface area (Å²) >= 11 is 1.31. The third-order valence-electron chi connectivity index (χ3n) is 4.24. The first kappa shape index (κ1) is 17.6. The van der Waals surface area contributed by atoms with E-state index in [0.717, 1.165) is 43.2 Å². The molecular formula is C17H21N3O4S. The lowest BCUT2D eigenvalue weighted by atomic mass is 9.97. The molecule has 25 heavy (non-hydrogen) atoms. The molecule has 2 aromatic heterocycles. The predicted octanol–water partition coefficient (Wildman–Crippen LogP) is 2.01. The highest BCUT2D eigenvalue weighted by Gasteiger charge is 2.26. The van der Waals surface area contributed by atoms with E-state index >= 15 is 0 Å². The highest BCUT2D eigenvalue weighted by molar-refractivity contribution is 7.09. The first-order valence-corrected chi connectivity index (χ1v) is 9.20. The normalized spacial score (nSPS) is 18.2. The zero-order valence-electron chi connectivity index (χ0n) is 13.8. The molecule has 134 valence electrons. The van der Waals surface area contributed by atoms with Crippen molar-refractivity contribution in [3.05, 3.63) is 40.2 Å². The summed E-state index contributed by atoms with van der Waals surface area (Å²) in [6, 6.07) is 3.82. The highest BCUT2D eigenvalue weighted by Crippen LogP contribution is 2.19. The van der Waals surface area contributed by atoms with Gasteiger partial charge in [0.25, 0.3) is 0 Å². The van der Waals surface area contributed by atoms with E-state index in [2.05, 4.69) is 15.2 Å². The number of hydrogen-bond acceptors (Lipinski definition) is 6. The lowest BCUT2D eigenvalue weighted by molar-refractivity contribution is -0.126. The molecule has 0 bridgehead atoms. The van der Waals surface area contributed by atoms with Gasteiger partial charge in [-0.1, -0.05) is 0 Å². The second-order valence-corrected chi connectivity index (χ2v) is 7.07. The molecule has 7 nitrogen and oxygen atoms in total. The van der Waals surface area contributed by atoms with Crippen LogP contribution in [0.2, 0.25) is 0 Å². The molecule has 0 unspecified atom stereocenters. The molecule has 0 spiro atoms. The quantitative estimate of drug-likeness (QED) is 0.781. The number of nitrogens with one attached hydrogen (secondary N) is 1. The summed E-state index contributed by atoms with van der Waals surface area (Å²) in [7, 11) is 0. The van der Waals surface area contributed by atoms with E-state index in [1.165, 1.54) is 16.7 Å². The van der Waals surface area contributed by atoms with Crippen molar-refractivity contribution in [1.29, 1.82) is 0 Å². The number of nitrogens with zero attached hydrogens (tertiary/aromatic N) is 2. The zero-order valence-corrected chi connectivity index (χ0v) is 14.6. The van der Waals surface area contributed by atoms with Crippen molar-refractivity contribution < 1.29 is 19.1 Å². The van der Waals surface area contributed by atoms with Crippen molar-refractivity contribution in [2.75, 3.05) is 19.6 Å². The fraction of sp³-hybridized carbons (Fsp3) is 0.471. The standard InChI is InChI=1S/C17H21N3O4S/c21-16(18-6-5-15-19-14(11-25-15)17(22)23)12-3-1-7-20(9-12)10-13-4-2-8-24-13/h2,4,8,11-12H,1,3,5-7,9-10H2,(H,18,21)(H,22,23)/t12-/m1/s1. The van der Waals surface area contributed by atoms with Gasteiger partial charge in [-0.2, -0.15) is 0 Å². The smallest absolute Gasteiger partial charge is 0.355 e. The first-order valence-electron chi connectivity index (χ1n) is 8.32. The number of piperidine rings is 1. The Labute approximate surface area is 149 Å². The fourth-order valence-electron chi connectivity index (χ4n) is 3.00. The molecule has 3 heterocycles. The van der Waals surface area contributed by atoms with Crippen LogP contribution in [0.5, 0.6) is 0 Å². The Balaban J connectivity index is 1.43. The molecule has 0 radical (unpaired) electrons. The van der Waals surface area contributed by atoms with Gasteiger partial charge >= 0.3 is 5.97 Å². The number of aromatic nitrogens is 1. The molecule has 1 amide bonds. The van der Waals surface area contributed by atoms with Gasteiger partial charge in [-0.3, -0.25) is 9.69 Å². The molecule has 1 atom stereocenters. The highest BCUT2D eigenvalue weighted by atomic mass is 32.1.